The molecular weight excluding hydrogens is 228 g/mol. The third kappa shape index (κ3) is 4.03. The second kappa shape index (κ2) is 5.62. The second-order valence-electron chi connectivity index (χ2n) is 4.13. The fourth-order valence-corrected chi connectivity index (χ4v) is 1.81. The van der Waals surface area contributed by atoms with Crippen molar-refractivity contribution < 1.29 is 24.2 Å². The summed E-state index contributed by atoms with van der Waals surface area (Å²) in [6.45, 7) is 1.19. The van der Waals surface area contributed by atoms with Gasteiger partial charge in [0.25, 0.3) is 0 Å². The number of carbonyl (C=O) groups is 3. The van der Waals surface area contributed by atoms with Crippen molar-refractivity contribution in [3.63, 3.8) is 0 Å². The second-order valence-corrected chi connectivity index (χ2v) is 4.13. The maximum Gasteiger partial charge on any atom is 0.323 e. The number of hydrogen-bond donors (Lipinski definition) is 2. The van der Waals surface area contributed by atoms with Crippen molar-refractivity contribution in [3.05, 3.63) is 0 Å². The largest absolute Gasteiger partial charge is 0.480 e. The zero-order chi connectivity index (χ0) is 13.0. The van der Waals surface area contributed by atoms with Gasteiger partial charge in [0, 0.05) is 0 Å². The molecular formula is C10H16N2O5. The first-order chi connectivity index (χ1) is 7.90. The molecule has 0 aromatic rings. The van der Waals surface area contributed by atoms with Gasteiger partial charge in [-0.15, -0.1) is 0 Å². The van der Waals surface area contributed by atoms with Gasteiger partial charge in [-0.3, -0.25) is 14.4 Å². The fraction of sp³-hybridized carbons (Fsp3) is 0.700. The van der Waals surface area contributed by atoms with Crippen LogP contribution in [0, 0.1) is 5.92 Å². The summed E-state index contributed by atoms with van der Waals surface area (Å²) in [6.07, 6.45) is 0.512. The summed E-state index contributed by atoms with van der Waals surface area (Å²) in [6, 6.07) is 0. The number of carbonyl (C=O) groups excluding carboxylic acids is 2. The first-order valence-electron chi connectivity index (χ1n) is 5.30. The molecule has 0 aromatic heterocycles. The Balaban J connectivity index is 2.64. The van der Waals surface area contributed by atoms with Crippen molar-refractivity contribution in [3.8, 4) is 0 Å². The van der Waals surface area contributed by atoms with Gasteiger partial charge in [0.2, 0.25) is 11.8 Å². The van der Waals surface area contributed by atoms with E-state index in [1.54, 1.807) is 0 Å². The summed E-state index contributed by atoms with van der Waals surface area (Å²) < 4.78 is 5.24. The molecule has 1 rings (SSSR count). The van der Waals surface area contributed by atoms with Gasteiger partial charge in [0.1, 0.15) is 6.54 Å². The molecule has 0 radical (unpaired) electrons. The Morgan fingerprint density at radius 3 is 2.47 bits per heavy atom. The van der Waals surface area contributed by atoms with Gasteiger partial charge in [-0.05, 0) is 13.3 Å². The van der Waals surface area contributed by atoms with Crippen LogP contribution in [0.2, 0.25) is 0 Å². The molecule has 1 saturated heterocycles. The zero-order valence-corrected chi connectivity index (χ0v) is 9.59. The van der Waals surface area contributed by atoms with Crippen molar-refractivity contribution in [2.45, 2.75) is 19.4 Å². The average Bonchev–Trinajstić information content (AvgIpc) is 2.61. The molecule has 2 atom stereocenters. The lowest BCUT2D eigenvalue weighted by Gasteiger charge is -2.21. The van der Waals surface area contributed by atoms with Gasteiger partial charge in [-0.25, -0.2) is 0 Å². The molecule has 2 unspecified atom stereocenters. The first kappa shape index (κ1) is 13.4. The smallest absolute Gasteiger partial charge is 0.323 e. The lowest BCUT2D eigenvalue weighted by Crippen LogP contribution is -2.44. The highest BCUT2D eigenvalue weighted by molar-refractivity contribution is 5.88. The molecule has 17 heavy (non-hydrogen) atoms. The monoisotopic (exact) mass is 244 g/mol. The molecule has 2 amide bonds. The number of nitrogens with zero attached hydrogens (tertiary/aromatic N) is 1. The molecule has 0 saturated carbocycles. The normalized spacial score (nSPS) is 23.4. The van der Waals surface area contributed by atoms with Crippen LogP contribution in [0.25, 0.3) is 0 Å². The summed E-state index contributed by atoms with van der Waals surface area (Å²) in [5.41, 5.74) is 4.98. The predicted octanol–water partition coefficient (Wildman–Crippen LogP) is -1.19. The number of nitrogens with two attached hydrogens (primary N) is 1. The number of ether oxygens (including phenoxy) is 1. The molecule has 0 bridgehead atoms. The van der Waals surface area contributed by atoms with Crippen molar-refractivity contribution in [2.75, 3.05) is 19.7 Å². The Bertz CT molecular complexity index is 315. The molecule has 1 fully saturated rings. The topological polar surface area (TPSA) is 110 Å². The number of hydrogen-bond acceptors (Lipinski definition) is 4. The summed E-state index contributed by atoms with van der Waals surface area (Å²) >= 11 is 0. The lowest BCUT2D eigenvalue weighted by atomic mass is 10.0. The van der Waals surface area contributed by atoms with E-state index in [1.165, 1.54) is 0 Å². The van der Waals surface area contributed by atoms with Gasteiger partial charge in [0.15, 0.2) is 0 Å². The quantitative estimate of drug-likeness (QED) is 0.632. The fourth-order valence-electron chi connectivity index (χ4n) is 1.81. The molecule has 3 N–H and O–H groups in total. The summed E-state index contributed by atoms with van der Waals surface area (Å²) in [4.78, 5) is 34.3. The van der Waals surface area contributed by atoms with E-state index in [9.17, 15) is 14.4 Å². The van der Waals surface area contributed by atoms with Gasteiger partial charge in [-0.1, -0.05) is 0 Å². The Labute approximate surface area is 98.5 Å². The first-order valence-corrected chi connectivity index (χ1v) is 5.30. The van der Waals surface area contributed by atoms with Crippen LogP contribution in [0.4, 0.5) is 0 Å². The molecule has 96 valence electrons. The molecule has 7 heteroatoms. The third-order valence-corrected chi connectivity index (χ3v) is 2.53. The maximum absolute atomic E-state index is 11.9. The average molecular weight is 244 g/mol. The van der Waals surface area contributed by atoms with Crippen LogP contribution >= 0.6 is 0 Å². The third-order valence-electron chi connectivity index (χ3n) is 2.53. The van der Waals surface area contributed by atoms with Crippen LogP contribution < -0.4 is 5.73 Å². The summed E-state index contributed by atoms with van der Waals surface area (Å²) in [5.74, 6) is -2.68. The minimum Gasteiger partial charge on any atom is -0.480 e. The Morgan fingerprint density at radius 1 is 1.41 bits per heavy atom. The van der Waals surface area contributed by atoms with Gasteiger partial charge < -0.3 is 20.5 Å². The highest BCUT2D eigenvalue weighted by atomic mass is 16.5. The molecule has 1 aliphatic heterocycles. The molecule has 1 aliphatic rings. The summed E-state index contributed by atoms with van der Waals surface area (Å²) in [5, 5.41) is 8.66. The van der Waals surface area contributed by atoms with Gasteiger partial charge >= 0.3 is 5.97 Å². The minimum atomic E-state index is -1.17. The molecule has 7 nitrogen and oxygen atoms in total. The van der Waals surface area contributed by atoms with Crippen molar-refractivity contribution in [1.29, 1.82) is 0 Å². The van der Waals surface area contributed by atoms with E-state index in [-0.39, 0.29) is 25.2 Å². The number of carboxylic acids is 1. The summed E-state index contributed by atoms with van der Waals surface area (Å²) in [7, 11) is 0. The number of amides is 2. The molecule has 0 aliphatic carbocycles. The molecule has 0 aromatic carbocycles. The van der Waals surface area contributed by atoms with Gasteiger partial charge in [0.05, 0.1) is 25.2 Å². The predicted molar refractivity (Wildman–Crippen MR) is 56.9 cm³/mol. The van der Waals surface area contributed by atoms with E-state index in [2.05, 4.69) is 0 Å². The van der Waals surface area contributed by atoms with Crippen molar-refractivity contribution >= 4 is 17.8 Å². The van der Waals surface area contributed by atoms with Crippen LogP contribution in [0.3, 0.4) is 0 Å². The van der Waals surface area contributed by atoms with Crippen molar-refractivity contribution in [1.82, 2.24) is 4.90 Å². The van der Waals surface area contributed by atoms with Crippen molar-refractivity contribution in [2.24, 2.45) is 11.7 Å². The zero-order valence-electron chi connectivity index (χ0n) is 9.59. The highest BCUT2D eigenvalue weighted by Crippen LogP contribution is 2.21. The van der Waals surface area contributed by atoms with Crippen LogP contribution in [0.15, 0.2) is 0 Å². The van der Waals surface area contributed by atoms with E-state index in [0.29, 0.717) is 6.42 Å². The standard InChI is InChI=1S/C10H16N2O5/c1-6-2-7(5-17-6)10(16)12(3-8(11)13)4-9(14)15/h6-7H,2-5H2,1H3,(H2,11,13)(H,14,15). The van der Waals surface area contributed by atoms with E-state index in [4.69, 9.17) is 15.6 Å². The molecule has 1 heterocycles. The Hall–Kier alpha value is -1.63. The lowest BCUT2D eigenvalue weighted by molar-refractivity contribution is -0.147. The number of carboxylic acid groups (broad SMARTS) is 1. The van der Waals surface area contributed by atoms with Crippen LogP contribution in [0.1, 0.15) is 13.3 Å². The number of primary amides is 1. The number of aliphatic carboxylic acids is 1. The highest BCUT2D eigenvalue weighted by Gasteiger charge is 2.32. The molecule has 0 spiro atoms. The number of rotatable bonds is 5. The maximum atomic E-state index is 11.9. The van der Waals surface area contributed by atoms with Crippen LogP contribution in [0.5, 0.6) is 0 Å². The van der Waals surface area contributed by atoms with E-state index in [0.717, 1.165) is 4.90 Å². The van der Waals surface area contributed by atoms with E-state index in [1.807, 2.05) is 6.92 Å². The van der Waals surface area contributed by atoms with Crippen LogP contribution in [-0.2, 0) is 19.1 Å². The van der Waals surface area contributed by atoms with E-state index < -0.39 is 24.3 Å². The Kier molecular flexibility index (Phi) is 4.45. The Morgan fingerprint density at radius 2 is 2.06 bits per heavy atom. The van der Waals surface area contributed by atoms with Gasteiger partial charge in [-0.2, -0.15) is 0 Å². The SMILES string of the molecule is CC1CC(C(=O)N(CC(N)=O)CC(=O)O)CO1. The van der Waals surface area contributed by atoms with E-state index >= 15 is 0 Å². The minimum absolute atomic E-state index is 0.0239. The van der Waals surface area contributed by atoms with Crippen LogP contribution in [-0.4, -0.2) is 53.6 Å².